The molecule has 16 nitrogen and oxygen atoms in total. The SMILES string of the molecule is CC/C=C\C/C=C\C/C=C\C/C=C\C/C=C\C/C=C\CCCCCCCCC(=O)OCC(O)COP(=O)(O)OCC(O)COP(=O)(O)OCC(COC(=O)CCCCCCCCCCC/C=C\C/C=C\C/C=C\C/C=C\C/C=C\CC)OC(=O)CCCCCCCC/C=C\C/C=C\C/C=C\CCCCC. The number of esters is 3. The van der Waals surface area contributed by atoms with Crippen LogP contribution in [0.25, 0.3) is 0 Å². The van der Waals surface area contributed by atoms with Gasteiger partial charge in [-0.3, -0.25) is 32.5 Å². The standard InChI is InChI=1S/C87H144O16P2/c1-4-7-10-13-16-19-22-25-28-31-34-36-38-40-42-44-47-49-52-55-58-61-64-67-70-73-85(90)97-76-82(88)77-99-104(93,94)100-78-83(89)79-101-105(95,96)102-81-84(103-87(92)75-72-69-66-63-60-57-54-51-46-33-30-27-24-21-18-15-12-9-6-3)80-98-86(91)74-71-68-65-62-59-56-53-50-48-45-43-41-39-37-35-32-29-26-23-20-17-14-11-8-5-2/h7-8,10-11,16-21,25-30,34-37,40-43,46-47,49,51,82-84,88-89H,4-6,9,12-15,22-24,31-33,38-39,44-45,48,50,52-81H2,1-3H3,(H,93,94)(H,95,96)/b10-7-,11-8-,19-16-,20-17-,21-18-,28-25-,29-26-,30-27-,36-34-,37-35-,42-40-,43-41-,49-47-,51-46-. The highest BCUT2D eigenvalue weighted by Crippen LogP contribution is 2.45. The normalized spacial score (nSPS) is 14.8. The first-order chi connectivity index (χ1) is 51.2. The maximum atomic E-state index is 13.0. The van der Waals surface area contributed by atoms with Crippen molar-refractivity contribution >= 4 is 33.6 Å². The van der Waals surface area contributed by atoms with Gasteiger partial charge in [0.15, 0.2) is 6.10 Å². The van der Waals surface area contributed by atoms with Crippen LogP contribution in [0.2, 0.25) is 0 Å². The number of unbranched alkanes of at least 4 members (excludes halogenated alkanes) is 24. The number of aliphatic hydroxyl groups is 2. The Morgan fingerprint density at radius 2 is 0.505 bits per heavy atom. The van der Waals surface area contributed by atoms with Crippen molar-refractivity contribution in [3.05, 3.63) is 170 Å². The van der Waals surface area contributed by atoms with Crippen molar-refractivity contribution in [2.24, 2.45) is 0 Å². The summed E-state index contributed by atoms with van der Waals surface area (Å²) in [6.07, 6.45) is 99.5. The van der Waals surface area contributed by atoms with Crippen LogP contribution in [0.5, 0.6) is 0 Å². The molecule has 0 spiro atoms. The lowest BCUT2D eigenvalue weighted by atomic mass is 10.1. The highest BCUT2D eigenvalue weighted by molar-refractivity contribution is 7.47. The molecule has 5 unspecified atom stereocenters. The fourth-order valence-corrected chi connectivity index (χ4v) is 11.9. The number of hydrogen-bond donors (Lipinski definition) is 4. The minimum atomic E-state index is -4.95. The molecule has 18 heteroatoms. The molecular weight excluding hydrogens is 1360 g/mol. The lowest BCUT2D eigenvalue weighted by molar-refractivity contribution is -0.161. The number of carbonyl (C=O) groups is 3. The first-order valence-corrected chi connectivity index (χ1v) is 43.4. The van der Waals surface area contributed by atoms with Crippen LogP contribution in [0, 0.1) is 0 Å². The predicted molar refractivity (Wildman–Crippen MR) is 435 cm³/mol. The van der Waals surface area contributed by atoms with Gasteiger partial charge >= 0.3 is 33.6 Å². The van der Waals surface area contributed by atoms with Gasteiger partial charge in [-0.25, -0.2) is 9.13 Å². The molecule has 0 aromatic rings. The van der Waals surface area contributed by atoms with Crippen molar-refractivity contribution in [1.29, 1.82) is 0 Å². The minimum Gasteiger partial charge on any atom is -0.463 e. The van der Waals surface area contributed by atoms with Crippen LogP contribution in [-0.2, 0) is 55.8 Å². The lowest BCUT2D eigenvalue weighted by Crippen LogP contribution is -2.30. The first kappa shape index (κ1) is 99.9. The molecule has 0 aliphatic rings. The van der Waals surface area contributed by atoms with Crippen molar-refractivity contribution in [2.75, 3.05) is 39.6 Å². The summed E-state index contributed by atoms with van der Waals surface area (Å²) in [5.41, 5.74) is 0. The Morgan fingerprint density at radius 3 is 0.800 bits per heavy atom. The zero-order valence-electron chi connectivity index (χ0n) is 65.3. The second-order valence-corrected chi connectivity index (χ2v) is 29.4. The monoisotopic (exact) mass is 1510 g/mol. The van der Waals surface area contributed by atoms with Crippen LogP contribution in [0.15, 0.2) is 170 Å². The van der Waals surface area contributed by atoms with E-state index >= 15 is 0 Å². The second kappa shape index (κ2) is 78.5. The topological polar surface area (TPSA) is 231 Å². The van der Waals surface area contributed by atoms with Crippen LogP contribution in [0.3, 0.4) is 0 Å². The molecule has 0 amide bonds. The highest BCUT2D eigenvalue weighted by atomic mass is 31.2. The van der Waals surface area contributed by atoms with Gasteiger partial charge in [-0.1, -0.05) is 300 Å². The molecule has 0 rings (SSSR count). The lowest BCUT2D eigenvalue weighted by Gasteiger charge is -2.21. The second-order valence-electron chi connectivity index (χ2n) is 26.5. The molecule has 0 heterocycles. The number of phosphoric acid groups is 2. The molecule has 0 aliphatic heterocycles. The van der Waals surface area contributed by atoms with E-state index in [2.05, 4.69) is 191 Å². The van der Waals surface area contributed by atoms with Gasteiger partial charge in [0.1, 0.15) is 25.4 Å². The maximum Gasteiger partial charge on any atom is 0.472 e. The van der Waals surface area contributed by atoms with E-state index in [-0.39, 0.29) is 19.3 Å². The third-order valence-electron chi connectivity index (χ3n) is 16.4. The minimum absolute atomic E-state index is 0.0829. The Bertz CT molecular complexity index is 2590. The maximum absolute atomic E-state index is 13.0. The Morgan fingerprint density at radius 1 is 0.276 bits per heavy atom. The van der Waals surface area contributed by atoms with Gasteiger partial charge in [0.25, 0.3) is 0 Å². The largest absolute Gasteiger partial charge is 0.472 e. The van der Waals surface area contributed by atoms with Crippen molar-refractivity contribution < 1.29 is 75.8 Å². The summed E-state index contributed by atoms with van der Waals surface area (Å²) in [6, 6.07) is 0. The molecule has 0 fully saturated rings. The third kappa shape index (κ3) is 79.8. The van der Waals surface area contributed by atoms with E-state index < -0.39 is 91.5 Å². The van der Waals surface area contributed by atoms with E-state index in [1.807, 2.05) is 0 Å². The van der Waals surface area contributed by atoms with Gasteiger partial charge < -0.3 is 34.2 Å². The van der Waals surface area contributed by atoms with Crippen molar-refractivity contribution in [3.63, 3.8) is 0 Å². The fourth-order valence-electron chi connectivity index (χ4n) is 10.3. The predicted octanol–water partition coefficient (Wildman–Crippen LogP) is 24.0. The average Bonchev–Trinajstić information content (AvgIpc) is 0.923. The number of allylic oxidation sites excluding steroid dienone is 28. The molecule has 0 bridgehead atoms. The zero-order valence-corrected chi connectivity index (χ0v) is 67.1. The van der Waals surface area contributed by atoms with E-state index in [9.17, 15) is 43.5 Å². The number of rotatable bonds is 75. The summed E-state index contributed by atoms with van der Waals surface area (Å²) in [4.78, 5) is 58.8. The van der Waals surface area contributed by atoms with E-state index in [4.69, 9.17) is 32.3 Å². The molecule has 0 aliphatic carbocycles. The molecule has 105 heavy (non-hydrogen) atoms. The molecule has 598 valence electrons. The zero-order chi connectivity index (χ0) is 76.6. The van der Waals surface area contributed by atoms with E-state index in [1.54, 1.807) is 0 Å². The van der Waals surface area contributed by atoms with E-state index in [0.29, 0.717) is 19.3 Å². The smallest absolute Gasteiger partial charge is 0.463 e. The van der Waals surface area contributed by atoms with E-state index in [0.717, 1.165) is 199 Å². The molecule has 0 aromatic heterocycles. The fraction of sp³-hybridized carbons (Fsp3) is 0.644. The summed E-state index contributed by atoms with van der Waals surface area (Å²) in [7, 11) is -9.82. The Hall–Kier alpha value is -5.09. The highest BCUT2D eigenvalue weighted by Gasteiger charge is 2.29. The van der Waals surface area contributed by atoms with Crippen LogP contribution in [0.1, 0.15) is 303 Å². The Labute approximate surface area is 637 Å². The summed E-state index contributed by atoms with van der Waals surface area (Å²) in [5, 5.41) is 20.7. The van der Waals surface area contributed by atoms with Gasteiger partial charge in [0.2, 0.25) is 0 Å². The van der Waals surface area contributed by atoms with Crippen molar-refractivity contribution in [3.8, 4) is 0 Å². The van der Waals surface area contributed by atoms with Crippen LogP contribution in [-0.4, -0.2) is 95.9 Å². The molecule has 0 aromatic carbocycles. The Balaban J connectivity index is 4.71. The molecule has 0 saturated heterocycles. The molecular formula is C87H144O16P2. The molecule has 4 N–H and O–H groups in total. The number of hydrogen-bond acceptors (Lipinski definition) is 14. The molecule has 0 radical (unpaired) electrons. The van der Waals surface area contributed by atoms with Crippen LogP contribution >= 0.6 is 15.6 Å². The van der Waals surface area contributed by atoms with Gasteiger partial charge in [0.05, 0.1) is 26.4 Å². The summed E-state index contributed by atoms with van der Waals surface area (Å²) < 4.78 is 61.2. The average molecular weight is 1510 g/mol. The van der Waals surface area contributed by atoms with Gasteiger partial charge in [-0.15, -0.1) is 0 Å². The Kier molecular flexibility index (Phi) is 74.7. The van der Waals surface area contributed by atoms with Crippen molar-refractivity contribution in [2.45, 2.75) is 322 Å². The number of ether oxygens (including phenoxy) is 3. The third-order valence-corrected chi connectivity index (χ3v) is 18.3. The number of aliphatic hydroxyl groups excluding tert-OH is 2. The number of phosphoric ester groups is 2. The quantitative estimate of drug-likeness (QED) is 0.0146. The summed E-state index contributed by atoms with van der Waals surface area (Å²) >= 11 is 0. The van der Waals surface area contributed by atoms with Crippen LogP contribution < -0.4 is 0 Å². The van der Waals surface area contributed by atoms with Gasteiger partial charge in [-0.2, -0.15) is 0 Å². The molecule has 0 saturated carbocycles. The molecule has 5 atom stereocenters. The van der Waals surface area contributed by atoms with Crippen LogP contribution in [0.4, 0.5) is 0 Å². The first-order valence-electron chi connectivity index (χ1n) is 40.4. The van der Waals surface area contributed by atoms with E-state index in [1.165, 1.54) is 44.9 Å². The van der Waals surface area contributed by atoms with Crippen molar-refractivity contribution in [1.82, 2.24) is 0 Å². The van der Waals surface area contributed by atoms with Gasteiger partial charge in [0, 0.05) is 19.3 Å². The van der Waals surface area contributed by atoms with Gasteiger partial charge in [-0.05, 0) is 154 Å². The summed E-state index contributed by atoms with van der Waals surface area (Å²) in [6.45, 7) is 2.39. The summed E-state index contributed by atoms with van der Waals surface area (Å²) in [5.74, 6) is -1.61. The number of carbonyl (C=O) groups excluding carboxylic acids is 3.